The number of rotatable bonds is 10. The number of benzene rings is 2. The van der Waals surface area contributed by atoms with Crippen LogP contribution in [0.5, 0.6) is 0 Å². The fourth-order valence-corrected chi connectivity index (χ4v) is 5.94. The van der Waals surface area contributed by atoms with Gasteiger partial charge in [-0.05, 0) is 31.0 Å². The van der Waals surface area contributed by atoms with Crippen molar-refractivity contribution in [3.8, 4) is 11.3 Å². The van der Waals surface area contributed by atoms with Gasteiger partial charge in [0.15, 0.2) is 17.5 Å². The van der Waals surface area contributed by atoms with Gasteiger partial charge in [0, 0.05) is 19.2 Å². The molecule has 10 nitrogen and oxygen atoms in total. The summed E-state index contributed by atoms with van der Waals surface area (Å²) in [5, 5.41) is 49.9. The number of nitrogens with zero attached hydrogens (tertiary/aromatic N) is 4. The van der Waals surface area contributed by atoms with Crippen molar-refractivity contribution >= 4 is 17.7 Å². The highest BCUT2D eigenvalue weighted by molar-refractivity contribution is 8.01. The predicted molar refractivity (Wildman–Crippen MR) is 143 cm³/mol. The quantitative estimate of drug-likeness (QED) is 0.257. The largest absolute Gasteiger partial charge is 0.394 e. The third-order valence-corrected chi connectivity index (χ3v) is 8.42. The molecule has 1 fully saturated rings. The standard InChI is InChI=1S/C27H31F3N4O6S/c1-3-33(2)26(39)25(19(36)9-14-7-5-4-6-8-14)41-27-24(38)22(23(37)20(13-35)40-27)34-12-18(31-32-34)15-10-16(28)21(30)17(29)11-15/h4-8,10-12,19-20,22-25,27,35-38H,3,9,13H2,1-2H3/t19-,20+,22-,23-,24+,25-,27-/m0/s1. The third kappa shape index (κ3) is 6.74. The van der Waals surface area contributed by atoms with Crippen LogP contribution >= 0.6 is 11.8 Å². The molecule has 7 atom stereocenters. The van der Waals surface area contributed by atoms with Crippen LogP contribution in [0.2, 0.25) is 0 Å². The SMILES string of the molecule is CCN(C)C(=O)[C@@H](S[C@@H]1O[C@H](CO)[C@H](O)[C@H](n2cc(-c3cc(F)c(F)c(F)c3)nn2)[C@H]1O)[C@@H](O)Cc1ccccc1. The van der Waals surface area contributed by atoms with Crippen LogP contribution in [0.25, 0.3) is 11.3 Å². The molecule has 0 spiro atoms. The van der Waals surface area contributed by atoms with E-state index in [1.54, 1.807) is 38.2 Å². The molecule has 0 radical (unpaired) electrons. The second kappa shape index (κ2) is 13.3. The number of ether oxygens (including phenoxy) is 1. The molecule has 2 aromatic carbocycles. The molecular weight excluding hydrogens is 565 g/mol. The summed E-state index contributed by atoms with van der Waals surface area (Å²) in [5.41, 5.74) is -0.647. The molecule has 1 amide bonds. The number of halogens is 3. The first-order chi connectivity index (χ1) is 19.5. The number of hydrogen-bond donors (Lipinski definition) is 4. The Kier molecular flexibility index (Phi) is 10.0. The van der Waals surface area contributed by atoms with Gasteiger partial charge < -0.3 is 30.1 Å². The molecule has 222 valence electrons. The second-order valence-electron chi connectivity index (χ2n) is 9.70. The molecule has 0 saturated carbocycles. The summed E-state index contributed by atoms with van der Waals surface area (Å²) in [7, 11) is 1.57. The summed E-state index contributed by atoms with van der Waals surface area (Å²) in [6.07, 6.45) is -4.12. The van der Waals surface area contributed by atoms with Crippen molar-refractivity contribution in [2.75, 3.05) is 20.2 Å². The average molecular weight is 597 g/mol. The summed E-state index contributed by atoms with van der Waals surface area (Å²) in [4.78, 5) is 14.7. The monoisotopic (exact) mass is 596 g/mol. The predicted octanol–water partition coefficient (Wildman–Crippen LogP) is 1.53. The maximum atomic E-state index is 13.8. The zero-order chi connectivity index (χ0) is 29.8. The van der Waals surface area contributed by atoms with Crippen molar-refractivity contribution in [3.05, 3.63) is 71.7 Å². The lowest BCUT2D eigenvalue weighted by atomic mass is 9.97. The number of thioether (sulfide) groups is 1. The summed E-state index contributed by atoms with van der Waals surface area (Å²) in [5.74, 6) is -4.92. The van der Waals surface area contributed by atoms with Crippen LogP contribution in [0.1, 0.15) is 18.5 Å². The Morgan fingerprint density at radius 2 is 1.80 bits per heavy atom. The molecule has 1 aliphatic rings. The van der Waals surface area contributed by atoms with Crippen LogP contribution in [0.4, 0.5) is 13.2 Å². The highest BCUT2D eigenvalue weighted by Crippen LogP contribution is 2.38. The Hall–Kier alpha value is -3.01. The maximum absolute atomic E-state index is 13.8. The topological polar surface area (TPSA) is 141 Å². The van der Waals surface area contributed by atoms with Crippen LogP contribution in [-0.4, -0.2) is 102 Å². The number of amides is 1. The third-order valence-electron chi connectivity index (χ3n) is 6.96. The van der Waals surface area contributed by atoms with Gasteiger partial charge in [-0.15, -0.1) is 16.9 Å². The molecular formula is C27H31F3N4O6S. The van der Waals surface area contributed by atoms with Gasteiger partial charge in [0.1, 0.15) is 40.7 Å². The van der Waals surface area contributed by atoms with E-state index in [-0.39, 0.29) is 17.7 Å². The first-order valence-corrected chi connectivity index (χ1v) is 13.8. The molecule has 4 rings (SSSR count). The van der Waals surface area contributed by atoms with E-state index in [1.807, 2.05) is 6.07 Å². The molecule has 0 unspecified atom stereocenters. The van der Waals surface area contributed by atoms with E-state index in [2.05, 4.69) is 10.3 Å². The second-order valence-corrected chi connectivity index (χ2v) is 10.9. The maximum Gasteiger partial charge on any atom is 0.238 e. The number of aliphatic hydroxyl groups is 4. The van der Waals surface area contributed by atoms with Gasteiger partial charge in [-0.3, -0.25) is 4.79 Å². The van der Waals surface area contributed by atoms with Gasteiger partial charge in [0.2, 0.25) is 5.91 Å². The molecule has 2 heterocycles. The highest BCUT2D eigenvalue weighted by atomic mass is 32.2. The lowest BCUT2D eigenvalue weighted by Crippen LogP contribution is -2.56. The number of aromatic nitrogens is 3. The van der Waals surface area contributed by atoms with Gasteiger partial charge in [-0.25, -0.2) is 17.9 Å². The molecule has 41 heavy (non-hydrogen) atoms. The minimum absolute atomic E-state index is 0.0747. The van der Waals surface area contributed by atoms with Crippen LogP contribution < -0.4 is 0 Å². The van der Waals surface area contributed by atoms with Crippen LogP contribution in [0, 0.1) is 17.5 Å². The average Bonchev–Trinajstić information content (AvgIpc) is 3.45. The highest BCUT2D eigenvalue weighted by Gasteiger charge is 2.48. The molecule has 14 heteroatoms. The summed E-state index contributed by atoms with van der Waals surface area (Å²) in [6.45, 7) is 1.47. The Morgan fingerprint density at radius 1 is 1.15 bits per heavy atom. The van der Waals surface area contributed by atoms with Crippen LogP contribution in [0.3, 0.4) is 0 Å². The van der Waals surface area contributed by atoms with Crippen molar-refractivity contribution in [2.24, 2.45) is 0 Å². The van der Waals surface area contributed by atoms with Gasteiger partial charge in [-0.1, -0.05) is 35.5 Å². The minimum Gasteiger partial charge on any atom is -0.394 e. The summed E-state index contributed by atoms with van der Waals surface area (Å²) >= 11 is 0.843. The van der Waals surface area contributed by atoms with Crippen LogP contribution in [-0.2, 0) is 16.0 Å². The first kappa shape index (κ1) is 30.9. The van der Waals surface area contributed by atoms with Crippen molar-refractivity contribution in [3.63, 3.8) is 0 Å². The zero-order valence-corrected chi connectivity index (χ0v) is 23.0. The summed E-state index contributed by atoms with van der Waals surface area (Å²) < 4.78 is 47.8. The normalized spacial score (nSPS) is 24.2. The Balaban J connectivity index is 1.62. The Labute approximate surface area is 238 Å². The van der Waals surface area contributed by atoms with Crippen molar-refractivity contribution in [2.45, 2.75) is 54.5 Å². The lowest BCUT2D eigenvalue weighted by molar-refractivity contribution is -0.178. The van der Waals surface area contributed by atoms with Crippen molar-refractivity contribution in [1.29, 1.82) is 0 Å². The smallest absolute Gasteiger partial charge is 0.238 e. The molecule has 0 bridgehead atoms. The number of carbonyl (C=O) groups excluding carboxylic acids is 1. The van der Waals surface area contributed by atoms with E-state index in [9.17, 15) is 38.4 Å². The van der Waals surface area contributed by atoms with Gasteiger partial charge >= 0.3 is 0 Å². The van der Waals surface area contributed by atoms with Gasteiger partial charge in [-0.2, -0.15) is 0 Å². The Bertz CT molecular complexity index is 1310. The molecule has 0 aliphatic carbocycles. The van der Waals surface area contributed by atoms with E-state index in [4.69, 9.17) is 4.74 Å². The van der Waals surface area contributed by atoms with E-state index in [0.29, 0.717) is 6.54 Å². The molecule has 1 aromatic heterocycles. The fourth-order valence-electron chi connectivity index (χ4n) is 4.54. The van der Waals surface area contributed by atoms with E-state index < -0.39 is 71.1 Å². The molecule has 1 saturated heterocycles. The number of hydrogen-bond acceptors (Lipinski definition) is 9. The summed E-state index contributed by atoms with van der Waals surface area (Å²) in [6, 6.07) is 9.22. The molecule has 1 aliphatic heterocycles. The van der Waals surface area contributed by atoms with E-state index in [1.165, 1.54) is 11.1 Å². The zero-order valence-electron chi connectivity index (χ0n) is 22.2. The van der Waals surface area contributed by atoms with Crippen molar-refractivity contribution < 1.29 is 43.1 Å². The fraction of sp³-hybridized carbons (Fsp3) is 0.444. The number of carbonyl (C=O) groups is 1. The first-order valence-electron chi connectivity index (χ1n) is 12.9. The van der Waals surface area contributed by atoms with Gasteiger partial charge in [0.25, 0.3) is 0 Å². The number of aliphatic hydroxyl groups excluding tert-OH is 4. The molecule has 4 N–H and O–H groups in total. The Morgan fingerprint density at radius 3 is 2.41 bits per heavy atom. The van der Waals surface area contributed by atoms with Gasteiger partial charge in [0.05, 0.1) is 18.9 Å². The van der Waals surface area contributed by atoms with E-state index in [0.717, 1.165) is 34.1 Å². The van der Waals surface area contributed by atoms with E-state index >= 15 is 0 Å². The van der Waals surface area contributed by atoms with Crippen molar-refractivity contribution in [1.82, 2.24) is 19.9 Å². The molecule has 3 aromatic rings. The minimum atomic E-state index is -1.64. The lowest BCUT2D eigenvalue weighted by Gasteiger charge is -2.43. The van der Waals surface area contributed by atoms with Crippen LogP contribution in [0.15, 0.2) is 48.7 Å².